The van der Waals surface area contributed by atoms with Crippen LogP contribution in [-0.2, 0) is 4.79 Å². The number of aryl methyl sites for hydroxylation is 1. The van der Waals surface area contributed by atoms with E-state index in [1.165, 1.54) is 4.57 Å². The van der Waals surface area contributed by atoms with E-state index in [-0.39, 0.29) is 5.56 Å². The van der Waals surface area contributed by atoms with Crippen molar-refractivity contribution >= 4 is 40.2 Å². The van der Waals surface area contributed by atoms with E-state index >= 15 is 0 Å². The normalized spacial score (nSPS) is 12.1. The maximum atomic E-state index is 13.4. The third-order valence-corrected chi connectivity index (χ3v) is 6.10. The van der Waals surface area contributed by atoms with Gasteiger partial charge in [-0.05, 0) is 48.4 Å². The van der Waals surface area contributed by atoms with Crippen LogP contribution in [0.2, 0.25) is 5.02 Å². The second-order valence-corrected chi connectivity index (χ2v) is 8.36. The van der Waals surface area contributed by atoms with Crippen LogP contribution in [0, 0.1) is 6.92 Å². The van der Waals surface area contributed by atoms with E-state index in [1.807, 2.05) is 61.5 Å². The molecule has 1 amide bonds. The van der Waals surface area contributed by atoms with Gasteiger partial charge in [0.2, 0.25) is 5.91 Å². The number of aromatic nitrogens is 2. The van der Waals surface area contributed by atoms with Crippen LogP contribution in [0.25, 0.3) is 16.6 Å². The molecule has 1 aromatic heterocycles. The number of halogens is 1. The maximum absolute atomic E-state index is 13.4. The number of rotatable bonds is 5. The van der Waals surface area contributed by atoms with Gasteiger partial charge in [0, 0.05) is 5.02 Å². The Morgan fingerprint density at radius 1 is 1.07 bits per heavy atom. The minimum absolute atomic E-state index is 0.235. The molecule has 30 heavy (non-hydrogen) atoms. The number of hydrogen-bond acceptors (Lipinski definition) is 4. The fraction of sp³-hybridized carbons (Fsp3) is 0.0870. The van der Waals surface area contributed by atoms with Gasteiger partial charge < -0.3 is 5.73 Å². The molecule has 3 aromatic carbocycles. The second-order valence-electron chi connectivity index (χ2n) is 6.85. The van der Waals surface area contributed by atoms with Crippen LogP contribution in [0.1, 0.15) is 16.4 Å². The van der Waals surface area contributed by atoms with E-state index in [2.05, 4.69) is 4.98 Å². The number of benzene rings is 3. The number of amides is 1. The number of hydrogen-bond donors (Lipinski definition) is 1. The lowest BCUT2D eigenvalue weighted by molar-refractivity contribution is -0.117. The van der Waals surface area contributed by atoms with E-state index < -0.39 is 11.2 Å². The molecule has 1 unspecified atom stereocenters. The van der Waals surface area contributed by atoms with E-state index in [1.54, 1.807) is 18.2 Å². The molecule has 0 bridgehead atoms. The number of carbonyl (C=O) groups is 1. The predicted octanol–water partition coefficient (Wildman–Crippen LogP) is 4.67. The zero-order chi connectivity index (χ0) is 21.3. The van der Waals surface area contributed by atoms with Crippen molar-refractivity contribution in [2.24, 2.45) is 5.73 Å². The van der Waals surface area contributed by atoms with Crippen LogP contribution in [0.4, 0.5) is 0 Å². The third-order valence-electron chi connectivity index (χ3n) is 4.64. The van der Waals surface area contributed by atoms with Crippen LogP contribution < -0.4 is 11.3 Å². The largest absolute Gasteiger partial charge is 0.368 e. The van der Waals surface area contributed by atoms with Crippen LogP contribution >= 0.6 is 23.4 Å². The molecule has 0 saturated heterocycles. The maximum Gasteiger partial charge on any atom is 0.266 e. The zero-order valence-electron chi connectivity index (χ0n) is 16.1. The first-order valence-electron chi connectivity index (χ1n) is 9.24. The van der Waals surface area contributed by atoms with Crippen molar-refractivity contribution in [2.75, 3.05) is 0 Å². The van der Waals surface area contributed by atoms with Crippen molar-refractivity contribution in [3.63, 3.8) is 0 Å². The Balaban J connectivity index is 1.96. The van der Waals surface area contributed by atoms with E-state index in [0.29, 0.717) is 26.8 Å². The molecule has 0 aliphatic heterocycles. The zero-order valence-corrected chi connectivity index (χ0v) is 17.7. The van der Waals surface area contributed by atoms with Gasteiger partial charge in [0.1, 0.15) is 5.25 Å². The van der Waals surface area contributed by atoms with E-state index in [0.717, 1.165) is 22.9 Å². The molecule has 0 fully saturated rings. The highest BCUT2D eigenvalue weighted by Gasteiger charge is 2.23. The average molecular weight is 436 g/mol. The molecule has 7 heteroatoms. The van der Waals surface area contributed by atoms with Gasteiger partial charge in [0.25, 0.3) is 5.56 Å². The summed E-state index contributed by atoms with van der Waals surface area (Å²) in [6, 6.07) is 21.7. The molecule has 4 aromatic rings. The van der Waals surface area contributed by atoms with Crippen molar-refractivity contribution in [3.05, 3.63) is 99.3 Å². The fourth-order valence-electron chi connectivity index (χ4n) is 3.24. The number of nitrogens with zero attached hydrogens (tertiary/aromatic N) is 2. The Kier molecular flexibility index (Phi) is 5.61. The van der Waals surface area contributed by atoms with Crippen molar-refractivity contribution in [2.45, 2.75) is 17.3 Å². The van der Waals surface area contributed by atoms with Crippen molar-refractivity contribution in [3.8, 4) is 5.69 Å². The molecule has 2 N–H and O–H groups in total. The van der Waals surface area contributed by atoms with Crippen LogP contribution in [-0.4, -0.2) is 15.5 Å². The molecule has 0 spiro atoms. The second kappa shape index (κ2) is 8.34. The van der Waals surface area contributed by atoms with Crippen LogP contribution in [0.3, 0.4) is 0 Å². The molecule has 0 saturated carbocycles. The Morgan fingerprint density at radius 2 is 1.83 bits per heavy atom. The first-order chi connectivity index (χ1) is 14.4. The molecule has 1 heterocycles. The molecule has 4 rings (SSSR count). The predicted molar refractivity (Wildman–Crippen MR) is 121 cm³/mol. The van der Waals surface area contributed by atoms with Gasteiger partial charge in [-0.1, -0.05) is 65.8 Å². The Morgan fingerprint density at radius 3 is 2.53 bits per heavy atom. The van der Waals surface area contributed by atoms with Gasteiger partial charge in [0.05, 0.1) is 16.6 Å². The third kappa shape index (κ3) is 3.97. The molecule has 5 nitrogen and oxygen atoms in total. The summed E-state index contributed by atoms with van der Waals surface area (Å²) >= 11 is 7.27. The molecule has 150 valence electrons. The van der Waals surface area contributed by atoms with Gasteiger partial charge in [-0.25, -0.2) is 4.98 Å². The Hall–Kier alpha value is -3.09. The molecule has 1 atom stereocenters. The molecular weight excluding hydrogens is 418 g/mol. The summed E-state index contributed by atoms with van der Waals surface area (Å²) in [5, 5.41) is 0.590. The Bertz CT molecular complexity index is 1310. The first kappa shape index (κ1) is 20.2. The summed E-state index contributed by atoms with van der Waals surface area (Å²) in [6.45, 7) is 1.95. The van der Waals surface area contributed by atoms with Crippen LogP contribution in [0.15, 0.2) is 82.7 Å². The van der Waals surface area contributed by atoms with Gasteiger partial charge >= 0.3 is 0 Å². The quantitative estimate of drug-likeness (QED) is 0.365. The van der Waals surface area contributed by atoms with E-state index in [9.17, 15) is 9.59 Å². The molecule has 0 aliphatic carbocycles. The monoisotopic (exact) mass is 435 g/mol. The highest BCUT2D eigenvalue weighted by atomic mass is 35.5. The van der Waals surface area contributed by atoms with Crippen molar-refractivity contribution < 1.29 is 4.79 Å². The summed E-state index contributed by atoms with van der Waals surface area (Å²) in [7, 11) is 0. The minimum atomic E-state index is -0.703. The average Bonchev–Trinajstić information content (AvgIpc) is 2.72. The lowest BCUT2D eigenvalue weighted by Gasteiger charge is -2.18. The number of primary amides is 1. The number of fused-ring (bicyclic) bond motifs is 1. The summed E-state index contributed by atoms with van der Waals surface area (Å²) in [5.74, 6) is -0.512. The lowest BCUT2D eigenvalue weighted by atomic mass is 10.1. The molecular formula is C23H18ClN3O2S. The number of nitrogens with two attached hydrogens (primary N) is 1. The van der Waals surface area contributed by atoms with Crippen LogP contribution in [0.5, 0.6) is 0 Å². The summed E-state index contributed by atoms with van der Waals surface area (Å²) < 4.78 is 1.52. The van der Waals surface area contributed by atoms with Gasteiger partial charge in [-0.3, -0.25) is 14.2 Å². The lowest BCUT2D eigenvalue weighted by Crippen LogP contribution is -2.24. The highest BCUT2D eigenvalue weighted by molar-refractivity contribution is 8.00. The van der Waals surface area contributed by atoms with Crippen molar-refractivity contribution in [1.82, 2.24) is 9.55 Å². The molecule has 0 radical (unpaired) electrons. The summed E-state index contributed by atoms with van der Waals surface area (Å²) in [6.07, 6.45) is 0. The van der Waals surface area contributed by atoms with E-state index in [4.69, 9.17) is 17.3 Å². The fourth-order valence-corrected chi connectivity index (χ4v) is 4.47. The standard InChI is InChI=1S/C23H18ClN3O2S/c1-14-6-5-9-17(12-14)27-22(29)18-11-10-16(24)13-19(18)26-23(27)30-20(21(25)28)15-7-3-2-4-8-15/h2-13,20H,1H3,(H2,25,28). The van der Waals surface area contributed by atoms with Gasteiger partial charge in [-0.2, -0.15) is 0 Å². The Labute approximate surface area is 182 Å². The smallest absolute Gasteiger partial charge is 0.266 e. The summed E-state index contributed by atoms with van der Waals surface area (Å²) in [4.78, 5) is 30.4. The topological polar surface area (TPSA) is 78.0 Å². The van der Waals surface area contributed by atoms with Gasteiger partial charge in [-0.15, -0.1) is 0 Å². The number of carbonyl (C=O) groups excluding carboxylic acids is 1. The number of thioether (sulfide) groups is 1. The summed E-state index contributed by atoms with van der Waals surface area (Å²) in [5.41, 5.74) is 8.35. The molecule has 0 aliphatic rings. The minimum Gasteiger partial charge on any atom is -0.368 e. The first-order valence-corrected chi connectivity index (χ1v) is 10.5. The van der Waals surface area contributed by atoms with Crippen molar-refractivity contribution in [1.29, 1.82) is 0 Å². The highest BCUT2D eigenvalue weighted by Crippen LogP contribution is 2.35. The van der Waals surface area contributed by atoms with Gasteiger partial charge in [0.15, 0.2) is 5.16 Å². The SMILES string of the molecule is Cc1cccc(-n2c(SC(C(N)=O)c3ccccc3)nc3cc(Cl)ccc3c2=O)c1.